The molecule has 0 bridgehead atoms. The van der Waals surface area contributed by atoms with Crippen molar-refractivity contribution in [3.8, 4) is 0 Å². The lowest BCUT2D eigenvalue weighted by molar-refractivity contribution is 0.669. The van der Waals surface area contributed by atoms with Gasteiger partial charge in [-0.15, -0.1) is 22.7 Å². The van der Waals surface area contributed by atoms with E-state index in [-0.39, 0.29) is 0 Å². The summed E-state index contributed by atoms with van der Waals surface area (Å²) < 4.78 is 17.9. The molecule has 0 saturated heterocycles. The molecule has 16 aromatic rings. The maximum atomic E-state index is 6.42. The maximum absolute atomic E-state index is 6.42. The van der Waals surface area contributed by atoms with Crippen LogP contribution in [0.3, 0.4) is 0 Å². The number of para-hydroxylation sites is 2. The minimum absolute atomic E-state index is 0.888. The molecule has 0 aliphatic heterocycles. The fourth-order valence-electron chi connectivity index (χ4n) is 11.3. The minimum Gasteiger partial charge on any atom is -0.456 e. The molecule has 0 aliphatic carbocycles. The zero-order valence-electron chi connectivity index (χ0n) is 38.5. The number of thiophene rings is 2. The van der Waals surface area contributed by atoms with Crippen LogP contribution in [0.1, 0.15) is 0 Å². The number of furan rings is 2. The summed E-state index contributed by atoms with van der Waals surface area (Å²) in [6, 6.07) is 83.9. The summed E-state index contributed by atoms with van der Waals surface area (Å²) in [5.41, 5.74) is 10.2. The van der Waals surface area contributed by atoms with Crippen LogP contribution in [0.25, 0.3) is 117 Å². The number of hydrogen-bond acceptors (Lipinski definition) is 6. The van der Waals surface area contributed by atoms with Gasteiger partial charge in [-0.3, -0.25) is 0 Å². The molecule has 0 unspecified atom stereocenters. The van der Waals surface area contributed by atoms with E-state index in [1.54, 1.807) is 0 Å². The Morgan fingerprint density at radius 3 is 1.03 bits per heavy atom. The first kappa shape index (κ1) is 39.9. The van der Waals surface area contributed by atoms with Crippen molar-refractivity contribution in [3.05, 3.63) is 231 Å². The Balaban J connectivity index is 0.785. The lowest BCUT2D eigenvalue weighted by Crippen LogP contribution is -2.09. The smallest absolute Gasteiger partial charge is 0.136 e. The van der Waals surface area contributed by atoms with Gasteiger partial charge >= 0.3 is 0 Å². The van der Waals surface area contributed by atoms with Gasteiger partial charge in [-0.1, -0.05) is 97.1 Å². The quantitative estimate of drug-likeness (QED) is 0.166. The van der Waals surface area contributed by atoms with Crippen molar-refractivity contribution in [1.82, 2.24) is 0 Å². The number of hydrogen-bond donors (Lipinski definition) is 0. The molecule has 0 aliphatic rings. The molecule has 4 aromatic heterocycles. The number of anilines is 6. The third-order valence-corrected chi connectivity index (χ3v) is 16.9. The third-order valence-electron chi connectivity index (χ3n) is 14.7. The molecule has 0 spiro atoms. The highest BCUT2D eigenvalue weighted by atomic mass is 32.1. The SMILES string of the molecule is c1ccc(N(c2ccc3c(c2)sc2cc4cc5sc6cc(N(c7ccccc7)c7ccc8oc9cc%10ccccc%10cc9c8c7)ccc6c5cc4cc23)c2ccc3oc4cc5ccccc5cc4c3c2)cc1. The fourth-order valence-corrected chi connectivity index (χ4v) is 13.6. The van der Waals surface area contributed by atoms with Crippen LogP contribution in [0.2, 0.25) is 0 Å². The molecule has 6 heteroatoms. The van der Waals surface area contributed by atoms with E-state index < -0.39 is 0 Å². The number of benzene rings is 12. The average molecular weight is 955 g/mol. The van der Waals surface area contributed by atoms with Crippen molar-refractivity contribution in [1.29, 1.82) is 0 Å². The second kappa shape index (κ2) is 15.3. The van der Waals surface area contributed by atoms with Gasteiger partial charge in [0.1, 0.15) is 22.3 Å². The standard InChI is InChI=1S/C66H38N2O2S2/c1-3-15-45(16-4-1)67(47-21-25-59-55(35-47)53-27-39-11-7-9-13-41(39)31-61(53)69-59)49-19-23-51-57-29-43-30-58-52-24-20-50(38-66(52)72-64(58)34-44(43)33-63(57)71-65(51)37-49)68(46-17-5-2-6-18-46)48-22-26-60-56(36-48)54-28-40-12-8-10-14-42(40)32-62(54)70-60/h1-38H. The maximum Gasteiger partial charge on any atom is 0.136 e. The molecular formula is C66H38N2O2S2. The Labute approximate surface area is 420 Å². The van der Waals surface area contributed by atoms with Gasteiger partial charge in [0, 0.05) is 96.0 Å². The second-order valence-corrected chi connectivity index (χ2v) is 21.1. The molecule has 0 N–H and O–H groups in total. The van der Waals surface area contributed by atoms with Crippen LogP contribution in [0.5, 0.6) is 0 Å². The van der Waals surface area contributed by atoms with E-state index in [1.807, 2.05) is 22.7 Å². The predicted octanol–water partition coefficient (Wildman–Crippen LogP) is 20.6. The van der Waals surface area contributed by atoms with Crippen molar-refractivity contribution >= 4 is 173 Å². The lowest BCUT2D eigenvalue weighted by Gasteiger charge is -2.25. The summed E-state index contributed by atoms with van der Waals surface area (Å²) in [5, 5.41) is 16.9. The molecule has 0 amide bonds. The van der Waals surface area contributed by atoms with Crippen molar-refractivity contribution in [3.63, 3.8) is 0 Å². The minimum atomic E-state index is 0.888. The molecule has 0 fully saturated rings. The monoisotopic (exact) mass is 954 g/mol. The summed E-state index contributed by atoms with van der Waals surface area (Å²) in [5.74, 6) is 0. The molecule has 16 rings (SSSR count). The van der Waals surface area contributed by atoms with Gasteiger partial charge < -0.3 is 18.6 Å². The van der Waals surface area contributed by atoms with E-state index >= 15 is 0 Å². The fraction of sp³-hybridized carbons (Fsp3) is 0. The van der Waals surface area contributed by atoms with Crippen LogP contribution in [-0.2, 0) is 0 Å². The van der Waals surface area contributed by atoms with E-state index in [0.29, 0.717) is 0 Å². The Morgan fingerprint density at radius 1 is 0.222 bits per heavy atom. The third kappa shape index (κ3) is 6.16. The highest BCUT2D eigenvalue weighted by molar-refractivity contribution is 7.26. The van der Waals surface area contributed by atoms with Crippen LogP contribution in [0, 0.1) is 0 Å². The molecule has 4 nitrogen and oxygen atoms in total. The zero-order valence-corrected chi connectivity index (χ0v) is 40.1. The van der Waals surface area contributed by atoms with Gasteiger partial charge in [0.05, 0.1) is 0 Å². The number of rotatable bonds is 6. The van der Waals surface area contributed by atoms with Crippen LogP contribution in [0.15, 0.2) is 239 Å². The summed E-state index contributed by atoms with van der Waals surface area (Å²) in [6.07, 6.45) is 0. The normalized spacial score (nSPS) is 12.2. The van der Waals surface area contributed by atoms with Crippen molar-refractivity contribution in [2.45, 2.75) is 0 Å². The Hall–Kier alpha value is -8.94. The van der Waals surface area contributed by atoms with Gasteiger partial charge in [-0.25, -0.2) is 0 Å². The summed E-state index contributed by atoms with van der Waals surface area (Å²) in [4.78, 5) is 4.73. The first-order chi connectivity index (χ1) is 35.6. The molecule has 0 saturated carbocycles. The summed E-state index contributed by atoms with van der Waals surface area (Å²) in [6.45, 7) is 0. The van der Waals surface area contributed by atoms with Gasteiger partial charge in [0.15, 0.2) is 0 Å². The Morgan fingerprint density at radius 2 is 0.569 bits per heavy atom. The Bertz CT molecular complexity index is 4590. The molecule has 12 aromatic carbocycles. The van der Waals surface area contributed by atoms with Gasteiger partial charge in [0.25, 0.3) is 0 Å². The molecule has 336 valence electrons. The first-order valence-corrected chi connectivity index (χ1v) is 25.9. The van der Waals surface area contributed by atoms with E-state index in [1.165, 1.54) is 72.7 Å². The average Bonchev–Trinajstić information content (AvgIpc) is 4.17. The topological polar surface area (TPSA) is 32.8 Å². The zero-order chi connectivity index (χ0) is 47.0. The van der Waals surface area contributed by atoms with Gasteiger partial charge in [0.2, 0.25) is 0 Å². The van der Waals surface area contributed by atoms with E-state index in [9.17, 15) is 0 Å². The largest absolute Gasteiger partial charge is 0.456 e. The van der Waals surface area contributed by atoms with Crippen molar-refractivity contribution in [2.24, 2.45) is 0 Å². The molecule has 0 atom stereocenters. The highest BCUT2D eigenvalue weighted by Gasteiger charge is 2.20. The van der Waals surface area contributed by atoms with Crippen LogP contribution >= 0.6 is 22.7 Å². The van der Waals surface area contributed by atoms with Gasteiger partial charge in [-0.2, -0.15) is 0 Å². The highest BCUT2D eigenvalue weighted by Crippen LogP contribution is 2.47. The van der Waals surface area contributed by atoms with Crippen LogP contribution in [0.4, 0.5) is 34.1 Å². The Kier molecular flexibility index (Phi) is 8.46. The molecule has 0 radical (unpaired) electrons. The lowest BCUT2D eigenvalue weighted by atomic mass is 10.0. The van der Waals surface area contributed by atoms with Crippen molar-refractivity contribution in [2.75, 3.05) is 9.80 Å². The van der Waals surface area contributed by atoms with Crippen molar-refractivity contribution < 1.29 is 8.83 Å². The molecule has 4 heterocycles. The van der Waals surface area contributed by atoms with E-state index in [2.05, 4.69) is 240 Å². The predicted molar refractivity (Wildman–Crippen MR) is 309 cm³/mol. The number of fused-ring (bicyclic) bond motifs is 15. The number of nitrogens with zero attached hydrogens (tertiary/aromatic N) is 2. The second-order valence-electron chi connectivity index (χ2n) is 18.9. The first-order valence-electron chi connectivity index (χ1n) is 24.3. The van der Waals surface area contributed by atoms with Crippen LogP contribution in [-0.4, -0.2) is 0 Å². The summed E-state index contributed by atoms with van der Waals surface area (Å²) >= 11 is 3.74. The summed E-state index contributed by atoms with van der Waals surface area (Å²) in [7, 11) is 0. The van der Waals surface area contributed by atoms with E-state index in [4.69, 9.17) is 8.83 Å². The van der Waals surface area contributed by atoms with Gasteiger partial charge in [-0.05, 0) is 166 Å². The van der Waals surface area contributed by atoms with E-state index in [0.717, 1.165) is 78.0 Å². The van der Waals surface area contributed by atoms with Crippen LogP contribution < -0.4 is 9.80 Å². The molecular weight excluding hydrogens is 917 g/mol. The molecule has 72 heavy (non-hydrogen) atoms.